The molecule has 0 aliphatic rings. The minimum atomic E-state index is -0.897. The number of aliphatic hydroxyl groups is 2. The van der Waals surface area contributed by atoms with E-state index < -0.39 is 6.10 Å². The molecule has 0 saturated heterocycles. The minimum absolute atomic E-state index is 0.00312. The highest BCUT2D eigenvalue weighted by Gasteiger charge is 2.14. The molecule has 2 N–H and O–H groups in total. The molecule has 1 atom stereocenters. The lowest BCUT2D eigenvalue weighted by molar-refractivity contribution is 0.0504. The third-order valence-electron chi connectivity index (χ3n) is 2.11. The summed E-state index contributed by atoms with van der Waals surface area (Å²) in [5.41, 5.74) is 1.02. The van der Waals surface area contributed by atoms with Crippen LogP contribution < -0.4 is 4.74 Å². The average Bonchev–Trinajstić information content (AvgIpc) is 2.25. The van der Waals surface area contributed by atoms with E-state index in [1.165, 1.54) is 0 Å². The first-order valence-electron chi connectivity index (χ1n) is 5.17. The van der Waals surface area contributed by atoms with Gasteiger partial charge in [0.25, 0.3) is 0 Å². The number of aromatic nitrogens is 2. The van der Waals surface area contributed by atoms with Gasteiger partial charge in [0.15, 0.2) is 0 Å². The zero-order valence-corrected chi connectivity index (χ0v) is 9.84. The molecule has 0 aliphatic carbocycles. The van der Waals surface area contributed by atoms with Crippen LogP contribution in [0.4, 0.5) is 0 Å². The van der Waals surface area contributed by atoms with Crippen LogP contribution in [-0.4, -0.2) is 39.5 Å². The number of hydrogen-bond acceptors (Lipinski definition) is 5. The van der Waals surface area contributed by atoms with Gasteiger partial charge in [-0.3, -0.25) is 0 Å². The van der Waals surface area contributed by atoms with Gasteiger partial charge in [0.1, 0.15) is 12.7 Å². The number of ether oxygens (including phenoxy) is 1. The van der Waals surface area contributed by atoms with Gasteiger partial charge in [-0.15, -0.1) is 0 Å². The summed E-state index contributed by atoms with van der Waals surface area (Å²) in [6.45, 7) is 5.87. The molecule has 1 unspecified atom stereocenters. The van der Waals surface area contributed by atoms with Gasteiger partial charge in [-0.05, 0) is 11.0 Å². The molecule has 5 heteroatoms. The van der Waals surface area contributed by atoms with Crippen molar-refractivity contribution in [2.24, 2.45) is 0 Å². The third-order valence-corrected chi connectivity index (χ3v) is 2.11. The highest BCUT2D eigenvalue weighted by atomic mass is 16.5. The molecule has 0 aliphatic heterocycles. The predicted molar refractivity (Wildman–Crippen MR) is 59.3 cm³/mol. The van der Waals surface area contributed by atoms with Crippen LogP contribution in [0, 0.1) is 0 Å². The molecular formula is C11H18N2O3. The van der Waals surface area contributed by atoms with Crippen molar-refractivity contribution in [3.8, 4) is 6.01 Å². The van der Waals surface area contributed by atoms with E-state index in [1.807, 2.05) is 0 Å². The summed E-state index contributed by atoms with van der Waals surface area (Å²) in [5.74, 6) is 0. The van der Waals surface area contributed by atoms with Crippen LogP contribution in [0.3, 0.4) is 0 Å². The highest BCUT2D eigenvalue weighted by molar-refractivity contribution is 5.16. The second kappa shape index (κ2) is 5.23. The van der Waals surface area contributed by atoms with E-state index in [-0.39, 0.29) is 24.6 Å². The van der Waals surface area contributed by atoms with Crippen LogP contribution in [0.5, 0.6) is 6.01 Å². The summed E-state index contributed by atoms with van der Waals surface area (Å²) in [6.07, 6.45) is 2.51. The van der Waals surface area contributed by atoms with E-state index in [0.717, 1.165) is 5.56 Å². The van der Waals surface area contributed by atoms with Crippen molar-refractivity contribution in [2.45, 2.75) is 32.3 Å². The highest BCUT2D eigenvalue weighted by Crippen LogP contribution is 2.20. The van der Waals surface area contributed by atoms with E-state index >= 15 is 0 Å². The Labute approximate surface area is 95.1 Å². The molecule has 1 aromatic heterocycles. The molecule has 90 valence electrons. The number of nitrogens with zero attached hydrogens (tertiary/aromatic N) is 2. The molecule has 0 amide bonds. The molecule has 1 aromatic rings. The van der Waals surface area contributed by atoms with Crippen molar-refractivity contribution in [2.75, 3.05) is 13.2 Å². The van der Waals surface area contributed by atoms with Gasteiger partial charge >= 0.3 is 6.01 Å². The molecule has 0 spiro atoms. The monoisotopic (exact) mass is 226 g/mol. The Hall–Kier alpha value is -1.20. The van der Waals surface area contributed by atoms with Crippen molar-refractivity contribution in [3.05, 3.63) is 18.0 Å². The van der Waals surface area contributed by atoms with Gasteiger partial charge in [-0.1, -0.05) is 20.8 Å². The Morgan fingerprint density at radius 3 is 2.31 bits per heavy atom. The van der Waals surface area contributed by atoms with E-state index in [0.29, 0.717) is 0 Å². The van der Waals surface area contributed by atoms with E-state index in [4.69, 9.17) is 14.9 Å². The third kappa shape index (κ3) is 3.75. The maximum atomic E-state index is 9.07. The summed E-state index contributed by atoms with van der Waals surface area (Å²) in [7, 11) is 0. The second-order valence-corrected chi connectivity index (χ2v) is 4.65. The Morgan fingerprint density at radius 2 is 1.88 bits per heavy atom. The number of hydrogen-bond donors (Lipinski definition) is 2. The van der Waals surface area contributed by atoms with Gasteiger partial charge in [-0.2, -0.15) is 0 Å². The standard InChI is InChI=1S/C11H18N2O3/c1-11(2,3)8-4-12-10(13-5-8)16-7-9(15)6-14/h4-5,9,14-15H,6-7H2,1-3H3. The Kier molecular flexibility index (Phi) is 4.20. The quantitative estimate of drug-likeness (QED) is 0.782. The normalized spacial score (nSPS) is 13.6. The maximum absolute atomic E-state index is 9.07. The lowest BCUT2D eigenvalue weighted by atomic mass is 9.89. The van der Waals surface area contributed by atoms with Crippen LogP contribution in [-0.2, 0) is 5.41 Å². The lowest BCUT2D eigenvalue weighted by Crippen LogP contribution is -2.22. The molecule has 16 heavy (non-hydrogen) atoms. The summed E-state index contributed by atoms with van der Waals surface area (Å²) < 4.78 is 5.09. The first-order valence-corrected chi connectivity index (χ1v) is 5.17. The fourth-order valence-corrected chi connectivity index (χ4v) is 1.00. The van der Waals surface area contributed by atoms with Crippen LogP contribution in [0.2, 0.25) is 0 Å². The molecule has 5 nitrogen and oxygen atoms in total. The predicted octanol–water partition coefficient (Wildman–Crippen LogP) is 0.506. The van der Waals surface area contributed by atoms with E-state index in [1.54, 1.807) is 12.4 Å². The van der Waals surface area contributed by atoms with Crippen molar-refractivity contribution in [3.63, 3.8) is 0 Å². The van der Waals surface area contributed by atoms with Crippen molar-refractivity contribution in [1.29, 1.82) is 0 Å². The topological polar surface area (TPSA) is 75.5 Å². The van der Waals surface area contributed by atoms with Gasteiger partial charge in [0, 0.05) is 12.4 Å². The smallest absolute Gasteiger partial charge is 0.316 e. The molecule has 0 saturated carbocycles. The van der Waals surface area contributed by atoms with Gasteiger partial charge < -0.3 is 14.9 Å². The average molecular weight is 226 g/mol. The molecule has 0 radical (unpaired) electrons. The first kappa shape index (κ1) is 12.9. The van der Waals surface area contributed by atoms with Crippen LogP contribution in [0.15, 0.2) is 12.4 Å². The van der Waals surface area contributed by atoms with E-state index in [9.17, 15) is 0 Å². The van der Waals surface area contributed by atoms with Crippen LogP contribution in [0.1, 0.15) is 26.3 Å². The minimum Gasteiger partial charge on any atom is -0.461 e. The summed E-state index contributed by atoms with van der Waals surface area (Å²) in [5, 5.41) is 17.7. The Morgan fingerprint density at radius 1 is 1.31 bits per heavy atom. The van der Waals surface area contributed by atoms with Crippen LogP contribution in [0.25, 0.3) is 0 Å². The second-order valence-electron chi connectivity index (χ2n) is 4.65. The zero-order chi connectivity index (χ0) is 12.2. The lowest BCUT2D eigenvalue weighted by Gasteiger charge is -2.17. The van der Waals surface area contributed by atoms with Crippen molar-refractivity contribution >= 4 is 0 Å². The summed E-state index contributed by atoms with van der Waals surface area (Å²) in [6, 6.07) is 0.209. The maximum Gasteiger partial charge on any atom is 0.316 e. The summed E-state index contributed by atoms with van der Waals surface area (Å²) >= 11 is 0. The Balaban J connectivity index is 2.58. The largest absolute Gasteiger partial charge is 0.461 e. The number of aliphatic hydroxyl groups excluding tert-OH is 2. The SMILES string of the molecule is CC(C)(C)c1cnc(OCC(O)CO)nc1. The fraction of sp³-hybridized carbons (Fsp3) is 0.636. The van der Waals surface area contributed by atoms with Crippen molar-refractivity contribution < 1.29 is 14.9 Å². The number of rotatable bonds is 4. The van der Waals surface area contributed by atoms with Crippen LogP contribution >= 0.6 is 0 Å². The van der Waals surface area contributed by atoms with E-state index in [2.05, 4.69) is 30.7 Å². The molecule has 1 heterocycles. The first-order chi connectivity index (χ1) is 7.43. The molecule has 0 aromatic carbocycles. The van der Waals surface area contributed by atoms with Crippen molar-refractivity contribution in [1.82, 2.24) is 9.97 Å². The Bertz CT molecular complexity index is 319. The van der Waals surface area contributed by atoms with Gasteiger partial charge in [0.05, 0.1) is 6.61 Å². The fourth-order valence-electron chi connectivity index (χ4n) is 1.00. The zero-order valence-electron chi connectivity index (χ0n) is 9.84. The van der Waals surface area contributed by atoms with Gasteiger partial charge in [0.2, 0.25) is 0 Å². The molecular weight excluding hydrogens is 208 g/mol. The molecule has 1 rings (SSSR count). The molecule has 0 bridgehead atoms. The molecule has 0 fully saturated rings. The summed E-state index contributed by atoms with van der Waals surface area (Å²) in [4.78, 5) is 8.05. The van der Waals surface area contributed by atoms with Gasteiger partial charge in [-0.25, -0.2) is 9.97 Å².